The molecule has 2 aromatic heterocycles. The summed E-state index contributed by atoms with van der Waals surface area (Å²) in [5.74, 6) is 1.22. The first-order chi connectivity index (χ1) is 9.24. The Labute approximate surface area is 118 Å². The van der Waals surface area contributed by atoms with Crippen molar-refractivity contribution in [3.8, 4) is 0 Å². The van der Waals surface area contributed by atoms with E-state index in [9.17, 15) is 0 Å². The number of nitrogens with zero attached hydrogens (tertiary/aromatic N) is 2. The number of pyridine rings is 2. The number of nitrogens with one attached hydrogen (secondary N) is 1. The zero-order valence-electron chi connectivity index (χ0n) is 11.1. The van der Waals surface area contributed by atoms with E-state index in [2.05, 4.69) is 29.4 Å². The lowest BCUT2D eigenvalue weighted by Crippen LogP contribution is -2.30. The molecule has 1 N–H and O–H groups in total. The van der Waals surface area contributed by atoms with Gasteiger partial charge in [-0.05, 0) is 44.0 Å². The third-order valence-electron chi connectivity index (χ3n) is 4.12. The van der Waals surface area contributed by atoms with Gasteiger partial charge in [-0.2, -0.15) is 0 Å². The number of fused-ring (bicyclic) bond motifs is 1. The van der Waals surface area contributed by atoms with Gasteiger partial charge in [-0.3, -0.25) is 4.98 Å². The van der Waals surface area contributed by atoms with Crippen LogP contribution in [0.1, 0.15) is 31.4 Å². The highest BCUT2D eigenvalue weighted by Gasteiger charge is 2.22. The Morgan fingerprint density at radius 2 is 2.11 bits per heavy atom. The first-order valence-electron chi connectivity index (χ1n) is 6.87. The van der Waals surface area contributed by atoms with Crippen LogP contribution in [0.3, 0.4) is 0 Å². The normalized spacial score (nSPS) is 18.6. The van der Waals surface area contributed by atoms with Crippen molar-refractivity contribution in [1.82, 2.24) is 15.3 Å². The number of halogens is 1. The molecule has 1 unspecified atom stereocenters. The number of hydrogen-bond donors (Lipinski definition) is 1. The fourth-order valence-electron chi connectivity index (χ4n) is 2.85. The van der Waals surface area contributed by atoms with Gasteiger partial charge in [0.25, 0.3) is 0 Å². The Hall–Kier alpha value is -1.19. The Morgan fingerprint density at radius 3 is 2.89 bits per heavy atom. The third kappa shape index (κ3) is 2.72. The number of piperidine rings is 1. The van der Waals surface area contributed by atoms with E-state index in [-0.39, 0.29) is 0 Å². The molecule has 1 aliphatic heterocycles. The molecule has 2 aromatic rings. The standard InChI is InChI=1S/C15H18ClN3/c1-10(11-4-6-17-7-5-11)13-3-2-12-9-18-15(16)8-14(12)19-13/h2-3,8-11,17H,4-7H2,1H3. The molecule has 0 radical (unpaired) electrons. The van der Waals surface area contributed by atoms with Crippen molar-refractivity contribution < 1.29 is 0 Å². The van der Waals surface area contributed by atoms with Crippen molar-refractivity contribution in [2.24, 2.45) is 5.92 Å². The molecule has 1 fully saturated rings. The van der Waals surface area contributed by atoms with Crippen molar-refractivity contribution in [3.05, 3.63) is 35.2 Å². The maximum absolute atomic E-state index is 5.94. The predicted octanol–water partition coefficient (Wildman–Crippen LogP) is 3.39. The second-order valence-corrected chi connectivity index (χ2v) is 5.70. The smallest absolute Gasteiger partial charge is 0.131 e. The quantitative estimate of drug-likeness (QED) is 0.854. The molecule has 3 heterocycles. The van der Waals surface area contributed by atoms with Gasteiger partial charge in [-0.15, -0.1) is 0 Å². The highest BCUT2D eigenvalue weighted by atomic mass is 35.5. The summed E-state index contributed by atoms with van der Waals surface area (Å²) in [5.41, 5.74) is 2.11. The SMILES string of the molecule is CC(c1ccc2cnc(Cl)cc2n1)C1CCNCC1. The minimum Gasteiger partial charge on any atom is -0.317 e. The van der Waals surface area contributed by atoms with Crippen LogP contribution in [0.2, 0.25) is 5.15 Å². The second-order valence-electron chi connectivity index (χ2n) is 5.31. The van der Waals surface area contributed by atoms with Gasteiger partial charge in [0.1, 0.15) is 5.15 Å². The van der Waals surface area contributed by atoms with Crippen LogP contribution in [0.25, 0.3) is 10.9 Å². The van der Waals surface area contributed by atoms with Gasteiger partial charge in [-0.25, -0.2) is 4.98 Å². The van der Waals surface area contributed by atoms with E-state index in [0.717, 1.165) is 29.9 Å². The van der Waals surface area contributed by atoms with Gasteiger partial charge in [0.2, 0.25) is 0 Å². The minimum atomic E-state index is 0.499. The maximum Gasteiger partial charge on any atom is 0.131 e. The van der Waals surface area contributed by atoms with Crippen LogP contribution in [0.5, 0.6) is 0 Å². The van der Waals surface area contributed by atoms with Crippen LogP contribution >= 0.6 is 11.6 Å². The summed E-state index contributed by atoms with van der Waals surface area (Å²) in [6.07, 6.45) is 4.25. The lowest BCUT2D eigenvalue weighted by atomic mass is 9.84. The predicted molar refractivity (Wildman–Crippen MR) is 78.6 cm³/mol. The average Bonchev–Trinajstić information content (AvgIpc) is 2.46. The monoisotopic (exact) mass is 275 g/mol. The molecule has 19 heavy (non-hydrogen) atoms. The van der Waals surface area contributed by atoms with Gasteiger partial charge in [-0.1, -0.05) is 18.5 Å². The molecule has 0 bridgehead atoms. The summed E-state index contributed by atoms with van der Waals surface area (Å²) in [7, 11) is 0. The Bertz CT molecular complexity index is 579. The van der Waals surface area contributed by atoms with Crippen LogP contribution in [-0.4, -0.2) is 23.1 Å². The molecule has 0 aromatic carbocycles. The van der Waals surface area contributed by atoms with Crippen LogP contribution in [0.4, 0.5) is 0 Å². The molecule has 3 nitrogen and oxygen atoms in total. The summed E-state index contributed by atoms with van der Waals surface area (Å²) in [5, 5.41) is 4.97. The summed E-state index contributed by atoms with van der Waals surface area (Å²) >= 11 is 5.94. The molecule has 1 aliphatic rings. The minimum absolute atomic E-state index is 0.499. The largest absolute Gasteiger partial charge is 0.317 e. The molecule has 1 atom stereocenters. The molecular weight excluding hydrogens is 258 g/mol. The molecule has 0 amide bonds. The van der Waals surface area contributed by atoms with E-state index >= 15 is 0 Å². The van der Waals surface area contributed by atoms with E-state index < -0.39 is 0 Å². The first kappa shape index (κ1) is 12.8. The molecular formula is C15H18ClN3. The highest BCUT2D eigenvalue weighted by Crippen LogP contribution is 2.30. The second kappa shape index (κ2) is 5.43. The van der Waals surface area contributed by atoms with Crippen LogP contribution in [-0.2, 0) is 0 Å². The van der Waals surface area contributed by atoms with Crippen LogP contribution in [0, 0.1) is 5.92 Å². The molecule has 0 aliphatic carbocycles. The van der Waals surface area contributed by atoms with Gasteiger partial charge in [0.15, 0.2) is 0 Å². The zero-order valence-corrected chi connectivity index (χ0v) is 11.8. The van der Waals surface area contributed by atoms with Crippen molar-refractivity contribution >= 4 is 22.5 Å². The fourth-order valence-corrected chi connectivity index (χ4v) is 3.00. The molecule has 100 valence electrons. The van der Waals surface area contributed by atoms with Crippen LogP contribution < -0.4 is 5.32 Å². The lowest BCUT2D eigenvalue weighted by Gasteiger charge is -2.28. The molecule has 4 heteroatoms. The first-order valence-corrected chi connectivity index (χ1v) is 7.25. The van der Waals surface area contributed by atoms with E-state index in [4.69, 9.17) is 16.6 Å². The molecule has 0 saturated carbocycles. The summed E-state index contributed by atoms with van der Waals surface area (Å²) < 4.78 is 0. The zero-order chi connectivity index (χ0) is 13.2. The lowest BCUT2D eigenvalue weighted by molar-refractivity contribution is 0.327. The average molecular weight is 276 g/mol. The van der Waals surface area contributed by atoms with E-state index in [1.807, 2.05) is 6.07 Å². The van der Waals surface area contributed by atoms with Gasteiger partial charge >= 0.3 is 0 Å². The topological polar surface area (TPSA) is 37.8 Å². The number of rotatable bonds is 2. The molecule has 1 saturated heterocycles. The van der Waals surface area contributed by atoms with Crippen molar-refractivity contribution in [3.63, 3.8) is 0 Å². The maximum atomic E-state index is 5.94. The molecule has 0 spiro atoms. The van der Waals surface area contributed by atoms with E-state index in [1.165, 1.54) is 18.5 Å². The Morgan fingerprint density at radius 1 is 1.32 bits per heavy atom. The summed E-state index contributed by atoms with van der Waals surface area (Å²) in [4.78, 5) is 8.86. The summed E-state index contributed by atoms with van der Waals surface area (Å²) in [6, 6.07) is 6.07. The Kier molecular flexibility index (Phi) is 3.67. The summed E-state index contributed by atoms with van der Waals surface area (Å²) in [6.45, 7) is 4.53. The van der Waals surface area contributed by atoms with Crippen molar-refractivity contribution in [2.45, 2.75) is 25.7 Å². The number of hydrogen-bond acceptors (Lipinski definition) is 3. The number of aromatic nitrogens is 2. The van der Waals surface area contributed by atoms with Crippen molar-refractivity contribution in [2.75, 3.05) is 13.1 Å². The fraction of sp³-hybridized carbons (Fsp3) is 0.467. The van der Waals surface area contributed by atoms with Gasteiger partial charge < -0.3 is 5.32 Å². The molecule has 3 rings (SSSR count). The van der Waals surface area contributed by atoms with E-state index in [1.54, 1.807) is 6.20 Å². The Balaban J connectivity index is 1.91. The third-order valence-corrected chi connectivity index (χ3v) is 4.33. The van der Waals surface area contributed by atoms with Gasteiger partial charge in [0.05, 0.1) is 5.52 Å². The highest BCUT2D eigenvalue weighted by molar-refractivity contribution is 6.29. The van der Waals surface area contributed by atoms with Crippen molar-refractivity contribution in [1.29, 1.82) is 0 Å². The van der Waals surface area contributed by atoms with Crippen LogP contribution in [0.15, 0.2) is 24.4 Å². The van der Waals surface area contributed by atoms with Gasteiger partial charge in [0, 0.05) is 29.3 Å². The van der Waals surface area contributed by atoms with E-state index in [0.29, 0.717) is 11.1 Å².